The van der Waals surface area contributed by atoms with Crippen LogP contribution < -0.4 is 15.5 Å². The molecule has 11 nitrogen and oxygen atoms in total. The number of fused-ring (bicyclic) bond motifs is 3. The van der Waals surface area contributed by atoms with Crippen molar-refractivity contribution in [1.82, 2.24) is 25.2 Å². The molecule has 210 valence electrons. The second-order valence-electron chi connectivity index (χ2n) is 9.64. The van der Waals surface area contributed by atoms with Crippen LogP contribution >= 0.6 is 0 Å². The number of urea groups is 1. The summed E-state index contributed by atoms with van der Waals surface area (Å²) in [7, 11) is 3.29. The van der Waals surface area contributed by atoms with Crippen LogP contribution in [0.4, 0.5) is 4.79 Å². The van der Waals surface area contributed by atoms with Crippen molar-refractivity contribution < 1.29 is 29.1 Å². The molecule has 0 aliphatic carbocycles. The van der Waals surface area contributed by atoms with Crippen LogP contribution in [0, 0.1) is 0 Å². The van der Waals surface area contributed by atoms with Gasteiger partial charge in [0, 0.05) is 55.4 Å². The lowest BCUT2D eigenvalue weighted by atomic mass is 9.93. The van der Waals surface area contributed by atoms with Gasteiger partial charge in [0.25, 0.3) is 5.91 Å². The molecule has 1 aliphatic rings. The zero-order valence-corrected chi connectivity index (χ0v) is 22.6. The van der Waals surface area contributed by atoms with E-state index >= 15 is 0 Å². The van der Waals surface area contributed by atoms with Crippen LogP contribution in [0.5, 0.6) is 5.75 Å². The maximum Gasteiger partial charge on any atom is 0.320 e. The standard InChI is InChI=1S/C29H33N5O6/c1-4-26(36)30-12-5-13-32(2)29(38)33-16-21(18-35)27-23-14-22(40-3)10-11-24(23)34(25(27)17-33)15-19-6-8-20(9-7-19)28(37)31-39/h4,6-11,14,18,21,39H,1,5,12-13,15-17H2,2-3H3,(H,30,36)(H,31,37). The molecule has 0 spiro atoms. The quantitative estimate of drug-likeness (QED) is 0.118. The van der Waals surface area contributed by atoms with Crippen LogP contribution in [0.2, 0.25) is 0 Å². The summed E-state index contributed by atoms with van der Waals surface area (Å²) in [5.74, 6) is -0.725. The van der Waals surface area contributed by atoms with Crippen LogP contribution in [0.25, 0.3) is 10.9 Å². The number of methoxy groups -OCH3 is 1. The molecule has 0 bridgehead atoms. The molecular weight excluding hydrogens is 514 g/mol. The number of rotatable bonds is 10. The van der Waals surface area contributed by atoms with E-state index in [1.54, 1.807) is 53.7 Å². The third-order valence-corrected chi connectivity index (χ3v) is 7.12. The van der Waals surface area contributed by atoms with E-state index in [0.29, 0.717) is 43.9 Å². The Balaban J connectivity index is 1.65. The maximum atomic E-state index is 13.4. The van der Waals surface area contributed by atoms with Crippen molar-refractivity contribution in [2.45, 2.75) is 25.4 Å². The number of carbonyl (C=O) groups excluding carboxylic acids is 4. The number of nitrogens with one attached hydrogen (secondary N) is 2. The van der Waals surface area contributed by atoms with Gasteiger partial charge in [-0.25, -0.2) is 10.3 Å². The van der Waals surface area contributed by atoms with E-state index in [1.807, 2.05) is 18.2 Å². The minimum Gasteiger partial charge on any atom is -0.497 e. The average molecular weight is 548 g/mol. The molecule has 1 aromatic heterocycles. The first kappa shape index (κ1) is 28.4. The molecular formula is C29H33N5O6. The smallest absolute Gasteiger partial charge is 0.320 e. The fourth-order valence-corrected chi connectivity index (χ4v) is 5.08. The van der Waals surface area contributed by atoms with Gasteiger partial charge in [-0.15, -0.1) is 0 Å². The molecule has 2 aromatic carbocycles. The number of carbonyl (C=O) groups is 4. The molecule has 1 unspecified atom stereocenters. The van der Waals surface area contributed by atoms with Gasteiger partial charge in [-0.05, 0) is 54.0 Å². The predicted molar refractivity (Wildman–Crippen MR) is 148 cm³/mol. The van der Waals surface area contributed by atoms with Crippen LogP contribution in [-0.2, 0) is 22.7 Å². The minimum atomic E-state index is -0.599. The lowest BCUT2D eigenvalue weighted by molar-refractivity contribution is -0.116. The Labute approximate surface area is 231 Å². The first-order chi connectivity index (χ1) is 19.3. The summed E-state index contributed by atoms with van der Waals surface area (Å²) in [4.78, 5) is 52.2. The van der Waals surface area contributed by atoms with E-state index in [4.69, 9.17) is 9.94 Å². The molecule has 40 heavy (non-hydrogen) atoms. The van der Waals surface area contributed by atoms with E-state index < -0.39 is 11.8 Å². The van der Waals surface area contributed by atoms with E-state index in [9.17, 15) is 19.2 Å². The normalized spacial score (nSPS) is 14.3. The summed E-state index contributed by atoms with van der Waals surface area (Å²) < 4.78 is 7.55. The Kier molecular flexibility index (Phi) is 8.85. The van der Waals surface area contributed by atoms with Gasteiger partial charge in [0.15, 0.2) is 0 Å². The molecule has 4 amide bonds. The van der Waals surface area contributed by atoms with Crippen molar-refractivity contribution >= 4 is 35.0 Å². The van der Waals surface area contributed by atoms with E-state index in [-0.39, 0.29) is 18.5 Å². The fraction of sp³-hybridized carbons (Fsp3) is 0.310. The molecule has 0 saturated carbocycles. The summed E-state index contributed by atoms with van der Waals surface area (Å²) in [5, 5.41) is 12.5. The summed E-state index contributed by atoms with van der Waals surface area (Å²) >= 11 is 0. The van der Waals surface area contributed by atoms with Crippen LogP contribution in [0.1, 0.15) is 39.5 Å². The van der Waals surface area contributed by atoms with Gasteiger partial charge in [0.2, 0.25) is 5.91 Å². The SMILES string of the molecule is C=CC(=O)NCCCN(C)C(=O)N1Cc2c(c3cc(OC)ccc3n2Cc2ccc(C(=O)NO)cc2)C(C=O)C1. The fourth-order valence-electron chi connectivity index (χ4n) is 5.08. The average Bonchev–Trinajstić information content (AvgIpc) is 3.30. The van der Waals surface area contributed by atoms with Gasteiger partial charge in [0.1, 0.15) is 12.0 Å². The van der Waals surface area contributed by atoms with Gasteiger partial charge >= 0.3 is 6.03 Å². The molecule has 2 heterocycles. The molecule has 1 aliphatic heterocycles. The van der Waals surface area contributed by atoms with E-state index in [1.165, 1.54) is 6.08 Å². The molecule has 0 saturated heterocycles. The summed E-state index contributed by atoms with van der Waals surface area (Å²) in [6, 6.07) is 12.4. The zero-order valence-electron chi connectivity index (χ0n) is 22.6. The van der Waals surface area contributed by atoms with Gasteiger partial charge < -0.3 is 29.2 Å². The Bertz CT molecular complexity index is 1430. The lowest BCUT2D eigenvalue weighted by Crippen LogP contribution is -2.46. The van der Waals surface area contributed by atoms with E-state index in [2.05, 4.69) is 16.5 Å². The first-order valence-electron chi connectivity index (χ1n) is 12.9. The topological polar surface area (TPSA) is 133 Å². The predicted octanol–water partition coefficient (Wildman–Crippen LogP) is 2.66. The highest BCUT2D eigenvalue weighted by Gasteiger charge is 2.34. The van der Waals surface area contributed by atoms with Crippen molar-refractivity contribution in [1.29, 1.82) is 0 Å². The highest BCUT2D eigenvalue weighted by Crippen LogP contribution is 2.38. The molecule has 3 N–H and O–H groups in total. The van der Waals surface area contributed by atoms with Crippen LogP contribution in [-0.4, -0.2) is 77.5 Å². The highest BCUT2D eigenvalue weighted by molar-refractivity contribution is 5.93. The number of benzene rings is 2. The Hall–Kier alpha value is -4.64. The Morgan fingerprint density at radius 1 is 1.20 bits per heavy atom. The van der Waals surface area contributed by atoms with E-state index in [0.717, 1.165) is 34.0 Å². The highest BCUT2D eigenvalue weighted by atomic mass is 16.5. The minimum absolute atomic E-state index is 0.207. The molecule has 3 aromatic rings. The van der Waals surface area contributed by atoms with Crippen molar-refractivity contribution in [2.24, 2.45) is 0 Å². The van der Waals surface area contributed by atoms with Gasteiger partial charge in [-0.3, -0.25) is 14.8 Å². The maximum absolute atomic E-state index is 13.4. The number of hydrogen-bond donors (Lipinski definition) is 3. The molecule has 0 fully saturated rings. The second-order valence-corrected chi connectivity index (χ2v) is 9.64. The first-order valence-corrected chi connectivity index (χ1v) is 12.9. The van der Waals surface area contributed by atoms with Crippen molar-refractivity contribution in [3.63, 3.8) is 0 Å². The van der Waals surface area contributed by atoms with Crippen LogP contribution in [0.3, 0.4) is 0 Å². The lowest BCUT2D eigenvalue weighted by Gasteiger charge is -2.34. The molecule has 0 radical (unpaired) electrons. The molecule has 1 atom stereocenters. The summed E-state index contributed by atoms with van der Waals surface area (Å²) in [6.07, 6.45) is 2.66. The number of hydrogen-bond acceptors (Lipinski definition) is 6. The molecule has 11 heteroatoms. The van der Waals surface area contributed by atoms with Gasteiger partial charge in [0.05, 0.1) is 19.6 Å². The Morgan fingerprint density at radius 2 is 1.95 bits per heavy atom. The largest absolute Gasteiger partial charge is 0.497 e. The monoisotopic (exact) mass is 547 g/mol. The number of hydroxylamine groups is 1. The van der Waals surface area contributed by atoms with Gasteiger partial charge in [-0.2, -0.15) is 0 Å². The van der Waals surface area contributed by atoms with Crippen LogP contribution in [0.15, 0.2) is 55.1 Å². The summed E-state index contributed by atoms with van der Waals surface area (Å²) in [6.45, 7) is 5.25. The number of nitrogens with zero attached hydrogens (tertiary/aromatic N) is 3. The van der Waals surface area contributed by atoms with Crippen molar-refractivity contribution in [3.8, 4) is 5.75 Å². The number of ether oxygens (including phenoxy) is 1. The molecule has 4 rings (SSSR count). The van der Waals surface area contributed by atoms with Gasteiger partial charge in [-0.1, -0.05) is 18.7 Å². The Morgan fingerprint density at radius 3 is 2.60 bits per heavy atom. The third-order valence-electron chi connectivity index (χ3n) is 7.12. The zero-order chi connectivity index (χ0) is 28.8. The third kappa shape index (κ3) is 5.84. The van der Waals surface area contributed by atoms with Crippen molar-refractivity contribution in [2.75, 3.05) is 33.8 Å². The number of aromatic nitrogens is 1. The second kappa shape index (κ2) is 12.5. The summed E-state index contributed by atoms with van der Waals surface area (Å²) in [5.41, 5.74) is 5.47. The number of amides is 4. The van der Waals surface area contributed by atoms with Crippen molar-refractivity contribution in [3.05, 3.63) is 77.5 Å². The number of aldehydes is 1.